The molecule has 1 rings (SSSR count). The maximum atomic E-state index is 5.61. The minimum absolute atomic E-state index is 0.375. The quantitative estimate of drug-likeness (QED) is 0.711. The van der Waals surface area contributed by atoms with Crippen LogP contribution in [0.1, 0.15) is 11.3 Å². The van der Waals surface area contributed by atoms with Crippen LogP contribution < -0.4 is 11.5 Å². The molecule has 70 valence electrons. The Morgan fingerprint density at radius 1 is 1.54 bits per heavy atom. The molecule has 0 bridgehead atoms. The summed E-state index contributed by atoms with van der Waals surface area (Å²) in [7, 11) is 0. The van der Waals surface area contributed by atoms with E-state index in [4.69, 9.17) is 23.1 Å². The number of nitrogens with two attached hydrogens (primary N) is 2. The summed E-state index contributed by atoms with van der Waals surface area (Å²) in [5.41, 5.74) is 13.4. The number of aromatic nitrogens is 1. The maximum absolute atomic E-state index is 5.61. The summed E-state index contributed by atoms with van der Waals surface area (Å²) in [6.07, 6.45) is 3.71. The smallest absolute Gasteiger partial charge is 0.146 e. The van der Waals surface area contributed by atoms with Crippen LogP contribution in [0.4, 0.5) is 11.5 Å². The molecule has 1 aromatic rings. The highest BCUT2D eigenvalue weighted by molar-refractivity contribution is 6.19. The Hall–Kier alpha value is -1.22. The number of anilines is 2. The van der Waals surface area contributed by atoms with Crippen LogP contribution in [0.5, 0.6) is 0 Å². The monoisotopic (exact) mass is 197 g/mol. The van der Waals surface area contributed by atoms with Crippen molar-refractivity contribution >= 4 is 29.2 Å². The van der Waals surface area contributed by atoms with Crippen molar-refractivity contribution in [1.29, 1.82) is 0 Å². The molecule has 0 saturated heterocycles. The van der Waals surface area contributed by atoms with E-state index in [0.29, 0.717) is 17.4 Å². The van der Waals surface area contributed by atoms with Crippen molar-refractivity contribution in [2.45, 2.75) is 6.92 Å². The topological polar surface area (TPSA) is 64.9 Å². The van der Waals surface area contributed by atoms with Gasteiger partial charge in [0.1, 0.15) is 5.82 Å². The van der Waals surface area contributed by atoms with E-state index in [1.165, 1.54) is 0 Å². The Balaban J connectivity index is 3.08. The average molecular weight is 198 g/mol. The predicted octanol–water partition coefficient (Wildman–Crippen LogP) is 1.81. The average Bonchev–Trinajstić information content (AvgIpc) is 2.09. The zero-order valence-electron chi connectivity index (χ0n) is 7.42. The van der Waals surface area contributed by atoms with Gasteiger partial charge in [0.25, 0.3) is 0 Å². The normalized spacial score (nSPS) is 10.9. The van der Waals surface area contributed by atoms with Gasteiger partial charge in [-0.15, -0.1) is 11.6 Å². The Labute approximate surface area is 82.4 Å². The lowest BCUT2D eigenvalue weighted by Gasteiger charge is -2.04. The molecule has 0 fully saturated rings. The second-order valence-electron chi connectivity index (χ2n) is 2.69. The van der Waals surface area contributed by atoms with Crippen LogP contribution in [0.2, 0.25) is 0 Å². The van der Waals surface area contributed by atoms with E-state index < -0.39 is 0 Å². The van der Waals surface area contributed by atoms with Crippen molar-refractivity contribution in [2.24, 2.45) is 0 Å². The van der Waals surface area contributed by atoms with Gasteiger partial charge >= 0.3 is 0 Å². The van der Waals surface area contributed by atoms with E-state index in [1.807, 2.05) is 19.1 Å². The minimum atomic E-state index is 0.375. The van der Waals surface area contributed by atoms with E-state index in [1.54, 1.807) is 6.07 Å². The molecule has 0 aromatic carbocycles. The van der Waals surface area contributed by atoms with Crippen LogP contribution in [0.25, 0.3) is 6.08 Å². The molecule has 4 heteroatoms. The highest BCUT2D eigenvalue weighted by Crippen LogP contribution is 2.17. The summed E-state index contributed by atoms with van der Waals surface area (Å²) in [5.74, 6) is 0.851. The van der Waals surface area contributed by atoms with Gasteiger partial charge in [-0.05, 0) is 18.6 Å². The molecule has 0 saturated carbocycles. The third-order valence-corrected chi connectivity index (χ3v) is 1.88. The molecule has 1 aromatic heterocycles. The van der Waals surface area contributed by atoms with E-state index >= 15 is 0 Å². The van der Waals surface area contributed by atoms with Crippen molar-refractivity contribution in [2.75, 3.05) is 17.3 Å². The van der Waals surface area contributed by atoms with Crippen molar-refractivity contribution in [3.05, 3.63) is 23.4 Å². The summed E-state index contributed by atoms with van der Waals surface area (Å²) in [6, 6.07) is 1.79. The number of nitrogen functional groups attached to an aromatic ring is 2. The van der Waals surface area contributed by atoms with Gasteiger partial charge in [-0.25, -0.2) is 4.98 Å². The molecule has 0 spiro atoms. The molecular weight excluding hydrogens is 186 g/mol. The summed E-state index contributed by atoms with van der Waals surface area (Å²) >= 11 is 5.51. The van der Waals surface area contributed by atoms with Gasteiger partial charge in [0.05, 0.1) is 5.69 Å². The summed E-state index contributed by atoms with van der Waals surface area (Å²) in [5, 5.41) is 0. The van der Waals surface area contributed by atoms with Gasteiger partial charge in [0.15, 0.2) is 0 Å². The third-order valence-electron chi connectivity index (χ3n) is 1.70. The third kappa shape index (κ3) is 2.36. The Morgan fingerprint density at radius 2 is 2.23 bits per heavy atom. The lowest BCUT2D eigenvalue weighted by Crippen LogP contribution is -2.00. The molecule has 0 atom stereocenters. The molecule has 0 amide bonds. The number of halogens is 1. The zero-order valence-corrected chi connectivity index (χ0v) is 8.17. The fourth-order valence-corrected chi connectivity index (χ4v) is 1.09. The van der Waals surface area contributed by atoms with Crippen molar-refractivity contribution in [3.8, 4) is 0 Å². The highest BCUT2D eigenvalue weighted by atomic mass is 35.5. The first-order chi connectivity index (χ1) is 6.15. The predicted molar refractivity (Wildman–Crippen MR) is 57.6 cm³/mol. The van der Waals surface area contributed by atoms with Crippen molar-refractivity contribution in [3.63, 3.8) is 0 Å². The first-order valence-corrected chi connectivity index (χ1v) is 4.43. The number of nitrogens with zero attached hydrogens (tertiary/aromatic N) is 1. The molecule has 0 aliphatic heterocycles. The van der Waals surface area contributed by atoms with E-state index in [0.717, 1.165) is 11.3 Å². The van der Waals surface area contributed by atoms with Crippen LogP contribution in [-0.4, -0.2) is 10.9 Å². The summed E-state index contributed by atoms with van der Waals surface area (Å²) in [4.78, 5) is 4.08. The Kier molecular flexibility index (Phi) is 3.14. The molecule has 0 aliphatic carbocycles. The number of allylic oxidation sites excluding steroid dienone is 1. The van der Waals surface area contributed by atoms with Gasteiger partial charge in [-0.3, -0.25) is 0 Å². The zero-order chi connectivity index (χ0) is 9.84. The van der Waals surface area contributed by atoms with Gasteiger partial charge in [-0.1, -0.05) is 12.2 Å². The fraction of sp³-hybridized carbons (Fsp3) is 0.222. The van der Waals surface area contributed by atoms with E-state index in [2.05, 4.69) is 4.98 Å². The molecule has 3 nitrogen and oxygen atoms in total. The summed E-state index contributed by atoms with van der Waals surface area (Å²) in [6.45, 7) is 1.88. The maximum Gasteiger partial charge on any atom is 0.146 e. The number of aryl methyl sites for hydroxylation is 1. The van der Waals surface area contributed by atoms with E-state index in [-0.39, 0.29) is 0 Å². The lowest BCUT2D eigenvalue weighted by atomic mass is 10.2. The molecule has 0 unspecified atom stereocenters. The number of hydrogen-bond acceptors (Lipinski definition) is 3. The van der Waals surface area contributed by atoms with Crippen LogP contribution in [-0.2, 0) is 0 Å². The standard InChI is InChI=1S/C9H12ClN3/c1-6-7(3-2-4-10)5-8(11)9(12)13-6/h2-3,5H,4,11H2,1H3,(H2,12,13). The molecular formula is C9H12ClN3. The summed E-state index contributed by atoms with van der Waals surface area (Å²) < 4.78 is 0. The molecule has 0 radical (unpaired) electrons. The largest absolute Gasteiger partial charge is 0.396 e. The van der Waals surface area contributed by atoms with Crippen LogP contribution in [0.15, 0.2) is 12.1 Å². The van der Waals surface area contributed by atoms with Gasteiger partial charge < -0.3 is 11.5 Å². The number of rotatable bonds is 2. The van der Waals surface area contributed by atoms with Crippen molar-refractivity contribution < 1.29 is 0 Å². The number of alkyl halides is 1. The van der Waals surface area contributed by atoms with Crippen LogP contribution >= 0.6 is 11.6 Å². The molecule has 4 N–H and O–H groups in total. The second kappa shape index (κ2) is 4.14. The second-order valence-corrected chi connectivity index (χ2v) is 3.00. The molecule has 1 heterocycles. The first kappa shape index (κ1) is 9.86. The fourth-order valence-electron chi connectivity index (χ4n) is 0.996. The first-order valence-electron chi connectivity index (χ1n) is 3.90. The van der Waals surface area contributed by atoms with Crippen LogP contribution in [0, 0.1) is 6.92 Å². The lowest BCUT2D eigenvalue weighted by molar-refractivity contribution is 1.20. The molecule has 13 heavy (non-hydrogen) atoms. The van der Waals surface area contributed by atoms with Gasteiger partial charge in [0, 0.05) is 11.6 Å². The minimum Gasteiger partial charge on any atom is -0.396 e. The van der Waals surface area contributed by atoms with Crippen LogP contribution in [0.3, 0.4) is 0 Å². The molecule has 0 aliphatic rings. The number of hydrogen-bond donors (Lipinski definition) is 2. The van der Waals surface area contributed by atoms with E-state index in [9.17, 15) is 0 Å². The Morgan fingerprint density at radius 3 is 2.85 bits per heavy atom. The highest BCUT2D eigenvalue weighted by Gasteiger charge is 2.00. The Bertz CT molecular complexity index is 334. The van der Waals surface area contributed by atoms with Gasteiger partial charge in [-0.2, -0.15) is 0 Å². The van der Waals surface area contributed by atoms with Gasteiger partial charge in [0.2, 0.25) is 0 Å². The number of pyridine rings is 1. The van der Waals surface area contributed by atoms with Crippen molar-refractivity contribution in [1.82, 2.24) is 4.98 Å². The SMILES string of the molecule is Cc1nc(N)c(N)cc1C=CCCl.